The van der Waals surface area contributed by atoms with E-state index in [4.69, 9.17) is 4.42 Å². The first-order valence-electron chi connectivity index (χ1n) is 4.82. The number of hydrogen-bond acceptors (Lipinski definition) is 2. The van der Waals surface area contributed by atoms with Crippen molar-refractivity contribution in [3.63, 3.8) is 0 Å². The number of aliphatic hydroxyl groups is 1. The molecular weight excluding hydrogens is 336 g/mol. The summed E-state index contributed by atoms with van der Waals surface area (Å²) in [4.78, 5) is 0. The molecule has 1 atom stereocenters. The van der Waals surface area contributed by atoms with E-state index < -0.39 is 6.10 Å². The predicted molar refractivity (Wildman–Crippen MR) is 69.2 cm³/mol. The van der Waals surface area contributed by atoms with Gasteiger partial charge in [0.25, 0.3) is 0 Å². The molecule has 16 heavy (non-hydrogen) atoms. The van der Waals surface area contributed by atoms with Gasteiger partial charge in [0.2, 0.25) is 0 Å². The monoisotopic (exact) mass is 344 g/mol. The minimum atomic E-state index is -0.547. The summed E-state index contributed by atoms with van der Waals surface area (Å²) >= 11 is 6.63. The topological polar surface area (TPSA) is 33.4 Å². The van der Waals surface area contributed by atoms with E-state index in [1.807, 2.05) is 24.3 Å². The van der Waals surface area contributed by atoms with Gasteiger partial charge in [0, 0.05) is 16.5 Å². The van der Waals surface area contributed by atoms with Gasteiger partial charge in [-0.25, -0.2) is 0 Å². The Hall–Kier alpha value is -0.580. The summed E-state index contributed by atoms with van der Waals surface area (Å²) in [6, 6.07) is 9.68. The van der Waals surface area contributed by atoms with Gasteiger partial charge in [-0.3, -0.25) is 0 Å². The van der Waals surface area contributed by atoms with Crippen molar-refractivity contribution in [1.82, 2.24) is 0 Å². The lowest BCUT2D eigenvalue weighted by Crippen LogP contribution is -2.00. The zero-order valence-electron chi connectivity index (χ0n) is 8.36. The SMILES string of the molecule is OC(Cc1ccc(Br)cc1)c1ccoc1Br. The number of furan rings is 1. The Kier molecular flexibility index (Phi) is 3.84. The average Bonchev–Trinajstić information content (AvgIpc) is 2.68. The zero-order valence-corrected chi connectivity index (χ0v) is 11.5. The Morgan fingerprint density at radius 2 is 1.81 bits per heavy atom. The maximum atomic E-state index is 10.0. The van der Waals surface area contributed by atoms with Crippen LogP contribution in [0, 0.1) is 0 Å². The predicted octanol–water partition coefficient (Wildman–Crippen LogP) is 4.08. The number of benzene rings is 1. The normalized spacial score (nSPS) is 12.7. The highest BCUT2D eigenvalue weighted by molar-refractivity contribution is 9.10. The van der Waals surface area contributed by atoms with Crippen molar-refractivity contribution in [2.24, 2.45) is 0 Å². The maximum Gasteiger partial charge on any atom is 0.174 e. The van der Waals surface area contributed by atoms with Crippen molar-refractivity contribution < 1.29 is 9.52 Å². The van der Waals surface area contributed by atoms with Gasteiger partial charge in [-0.15, -0.1) is 0 Å². The second kappa shape index (κ2) is 5.17. The van der Waals surface area contributed by atoms with Crippen LogP contribution in [0.2, 0.25) is 0 Å². The second-order valence-electron chi connectivity index (χ2n) is 3.50. The highest BCUT2D eigenvalue weighted by Gasteiger charge is 2.14. The summed E-state index contributed by atoms with van der Waals surface area (Å²) in [6.07, 6.45) is 1.59. The van der Waals surface area contributed by atoms with Crippen LogP contribution >= 0.6 is 31.9 Å². The molecule has 0 saturated heterocycles. The van der Waals surface area contributed by atoms with E-state index in [0.29, 0.717) is 11.1 Å². The molecule has 1 heterocycles. The molecule has 0 amide bonds. The molecule has 0 fully saturated rings. The Labute approximate surface area is 111 Å². The van der Waals surface area contributed by atoms with Crippen molar-refractivity contribution in [2.45, 2.75) is 12.5 Å². The molecular formula is C12H10Br2O2. The minimum absolute atomic E-state index is 0.547. The molecule has 0 radical (unpaired) electrons. The Morgan fingerprint density at radius 3 is 2.38 bits per heavy atom. The summed E-state index contributed by atoms with van der Waals surface area (Å²) in [5, 5.41) is 10.0. The van der Waals surface area contributed by atoms with Crippen molar-refractivity contribution in [1.29, 1.82) is 0 Å². The van der Waals surface area contributed by atoms with Gasteiger partial charge < -0.3 is 9.52 Å². The molecule has 1 aromatic heterocycles. The van der Waals surface area contributed by atoms with Crippen molar-refractivity contribution in [3.8, 4) is 0 Å². The fourth-order valence-corrected chi connectivity index (χ4v) is 2.27. The van der Waals surface area contributed by atoms with Crippen LogP contribution in [-0.2, 0) is 6.42 Å². The lowest BCUT2D eigenvalue weighted by Gasteiger charge is -2.09. The quantitative estimate of drug-likeness (QED) is 0.909. The number of hydrogen-bond donors (Lipinski definition) is 1. The minimum Gasteiger partial charge on any atom is -0.457 e. The highest BCUT2D eigenvalue weighted by atomic mass is 79.9. The van der Waals surface area contributed by atoms with Crippen molar-refractivity contribution >= 4 is 31.9 Å². The summed E-state index contributed by atoms with van der Waals surface area (Å²) in [6.45, 7) is 0. The summed E-state index contributed by atoms with van der Waals surface area (Å²) < 4.78 is 6.72. The molecule has 2 aromatic rings. The molecule has 0 bridgehead atoms. The molecule has 1 unspecified atom stereocenters. The van der Waals surface area contributed by atoms with E-state index in [0.717, 1.165) is 15.6 Å². The Morgan fingerprint density at radius 1 is 1.12 bits per heavy atom. The second-order valence-corrected chi connectivity index (χ2v) is 5.13. The van der Waals surface area contributed by atoms with E-state index in [1.165, 1.54) is 0 Å². The van der Waals surface area contributed by atoms with E-state index in [2.05, 4.69) is 31.9 Å². The summed E-state index contributed by atoms with van der Waals surface area (Å²) in [7, 11) is 0. The van der Waals surface area contributed by atoms with Gasteiger partial charge in [-0.2, -0.15) is 0 Å². The van der Waals surface area contributed by atoms with Crippen LogP contribution in [0.3, 0.4) is 0 Å². The van der Waals surface area contributed by atoms with Crippen LogP contribution in [0.5, 0.6) is 0 Å². The number of halogens is 2. The maximum absolute atomic E-state index is 10.0. The molecule has 4 heteroatoms. The first kappa shape index (κ1) is 11.9. The Balaban J connectivity index is 2.10. The standard InChI is InChI=1S/C12H10Br2O2/c13-9-3-1-8(2-4-9)7-11(15)10-5-6-16-12(10)14/h1-6,11,15H,7H2. The van der Waals surface area contributed by atoms with Crippen molar-refractivity contribution in [3.05, 3.63) is 56.9 Å². The molecule has 0 aliphatic rings. The van der Waals surface area contributed by atoms with Gasteiger partial charge in [-0.1, -0.05) is 28.1 Å². The zero-order chi connectivity index (χ0) is 11.5. The largest absolute Gasteiger partial charge is 0.457 e. The van der Waals surface area contributed by atoms with E-state index in [9.17, 15) is 5.11 Å². The molecule has 0 aliphatic heterocycles. The van der Waals surface area contributed by atoms with Crippen LogP contribution in [0.4, 0.5) is 0 Å². The van der Waals surface area contributed by atoms with Crippen molar-refractivity contribution in [2.75, 3.05) is 0 Å². The van der Waals surface area contributed by atoms with Gasteiger partial charge in [-0.05, 0) is 39.7 Å². The van der Waals surface area contributed by atoms with Crippen LogP contribution < -0.4 is 0 Å². The number of aliphatic hydroxyl groups excluding tert-OH is 1. The highest BCUT2D eigenvalue weighted by Crippen LogP contribution is 2.27. The third-order valence-electron chi connectivity index (χ3n) is 2.35. The van der Waals surface area contributed by atoms with Crippen LogP contribution in [0.1, 0.15) is 17.2 Å². The van der Waals surface area contributed by atoms with E-state index >= 15 is 0 Å². The molecule has 2 nitrogen and oxygen atoms in total. The molecule has 84 valence electrons. The summed E-state index contributed by atoms with van der Waals surface area (Å²) in [5.74, 6) is 0. The van der Waals surface area contributed by atoms with E-state index in [-0.39, 0.29) is 0 Å². The van der Waals surface area contributed by atoms with Gasteiger partial charge in [0.1, 0.15) is 0 Å². The van der Waals surface area contributed by atoms with Gasteiger partial charge in [0.15, 0.2) is 4.67 Å². The van der Waals surface area contributed by atoms with Gasteiger partial charge in [0.05, 0.1) is 12.4 Å². The smallest absolute Gasteiger partial charge is 0.174 e. The van der Waals surface area contributed by atoms with Gasteiger partial charge >= 0.3 is 0 Å². The lowest BCUT2D eigenvalue weighted by molar-refractivity contribution is 0.176. The Bertz CT molecular complexity index is 462. The molecule has 1 N–H and O–H groups in total. The fourth-order valence-electron chi connectivity index (χ4n) is 1.50. The fraction of sp³-hybridized carbons (Fsp3) is 0.167. The molecule has 0 aliphatic carbocycles. The summed E-state index contributed by atoms with van der Waals surface area (Å²) in [5.41, 5.74) is 1.87. The third-order valence-corrected chi connectivity index (χ3v) is 3.52. The van der Waals surface area contributed by atoms with Crippen LogP contribution in [0.15, 0.2) is 50.2 Å². The molecule has 0 spiro atoms. The molecule has 1 aromatic carbocycles. The average molecular weight is 346 g/mol. The first-order chi connectivity index (χ1) is 7.66. The first-order valence-corrected chi connectivity index (χ1v) is 6.41. The van der Waals surface area contributed by atoms with Crippen LogP contribution in [-0.4, -0.2) is 5.11 Å². The lowest BCUT2D eigenvalue weighted by atomic mass is 10.0. The number of rotatable bonds is 3. The molecule has 2 rings (SSSR count). The molecule has 0 saturated carbocycles. The van der Waals surface area contributed by atoms with E-state index in [1.54, 1.807) is 12.3 Å². The van der Waals surface area contributed by atoms with Crippen LogP contribution in [0.25, 0.3) is 0 Å². The third kappa shape index (κ3) is 2.75.